The highest BCUT2D eigenvalue weighted by Crippen LogP contribution is 2.32. The molecule has 1 N–H and O–H groups in total. The Hall–Kier alpha value is -3.05. The van der Waals surface area contributed by atoms with Crippen LogP contribution in [0.5, 0.6) is 0 Å². The van der Waals surface area contributed by atoms with Crippen molar-refractivity contribution in [3.05, 3.63) is 78.2 Å². The molecular formula is C25H28N4O. The number of hydrogen-bond donors (Lipinski definition) is 1. The molecule has 0 saturated carbocycles. The van der Waals surface area contributed by atoms with Crippen LogP contribution in [0.25, 0.3) is 11.3 Å². The number of nitrogens with one attached hydrogen (secondary N) is 1. The number of carbonyl (C=O) groups is 1. The second kappa shape index (κ2) is 9.63. The van der Waals surface area contributed by atoms with Crippen LogP contribution >= 0.6 is 0 Å². The zero-order valence-corrected chi connectivity index (χ0v) is 17.4. The van der Waals surface area contributed by atoms with Crippen molar-refractivity contribution in [2.45, 2.75) is 32.1 Å². The number of likely N-dealkylation sites (tertiary alicyclic amines) is 1. The predicted octanol–water partition coefficient (Wildman–Crippen LogP) is 4.52. The summed E-state index contributed by atoms with van der Waals surface area (Å²) in [5, 5.41) is 2.86. The molecule has 0 spiro atoms. The molecule has 1 aliphatic heterocycles. The van der Waals surface area contributed by atoms with Crippen LogP contribution in [0.3, 0.4) is 0 Å². The van der Waals surface area contributed by atoms with Gasteiger partial charge in [-0.2, -0.15) is 0 Å². The van der Waals surface area contributed by atoms with Crippen LogP contribution in [0.4, 0.5) is 5.69 Å². The average molecular weight is 401 g/mol. The summed E-state index contributed by atoms with van der Waals surface area (Å²) in [5.74, 6) is 0.288. The Morgan fingerprint density at radius 3 is 2.77 bits per heavy atom. The van der Waals surface area contributed by atoms with Gasteiger partial charge in [0, 0.05) is 49.6 Å². The fourth-order valence-corrected chi connectivity index (χ4v) is 4.23. The highest BCUT2D eigenvalue weighted by atomic mass is 16.1. The Morgan fingerprint density at radius 2 is 1.93 bits per heavy atom. The van der Waals surface area contributed by atoms with Gasteiger partial charge in [0.25, 0.3) is 0 Å². The number of carbonyl (C=O) groups excluding carboxylic acids is 1. The first kappa shape index (κ1) is 20.2. The van der Waals surface area contributed by atoms with E-state index in [1.54, 1.807) is 12.4 Å². The van der Waals surface area contributed by atoms with Gasteiger partial charge in [0.2, 0.25) is 5.91 Å². The van der Waals surface area contributed by atoms with Crippen LogP contribution in [-0.2, 0) is 11.2 Å². The molecule has 2 heterocycles. The van der Waals surface area contributed by atoms with Crippen LogP contribution in [0.2, 0.25) is 0 Å². The zero-order chi connectivity index (χ0) is 20.8. The molecule has 2 aromatic carbocycles. The SMILES string of the molecule is CC(=O)Nc1cccc(-c2nccnc2C2CCCN(CCc3ccccc3)C2)c1. The molecule has 1 aromatic heterocycles. The normalized spacial score (nSPS) is 16.9. The van der Waals surface area contributed by atoms with Crippen molar-refractivity contribution < 1.29 is 4.79 Å². The van der Waals surface area contributed by atoms with E-state index >= 15 is 0 Å². The van der Waals surface area contributed by atoms with Gasteiger partial charge in [0.1, 0.15) is 0 Å². The molecule has 1 saturated heterocycles. The van der Waals surface area contributed by atoms with Crippen molar-refractivity contribution in [3.8, 4) is 11.3 Å². The second-order valence-electron chi connectivity index (χ2n) is 7.93. The van der Waals surface area contributed by atoms with Gasteiger partial charge in [-0.3, -0.25) is 14.8 Å². The van der Waals surface area contributed by atoms with Crippen LogP contribution in [0.15, 0.2) is 67.0 Å². The minimum absolute atomic E-state index is 0.0761. The lowest BCUT2D eigenvalue weighted by atomic mass is 9.91. The van der Waals surface area contributed by atoms with Crippen molar-refractivity contribution in [3.63, 3.8) is 0 Å². The number of piperidine rings is 1. The first-order valence-electron chi connectivity index (χ1n) is 10.6. The summed E-state index contributed by atoms with van der Waals surface area (Å²) in [7, 11) is 0. The van der Waals surface area contributed by atoms with E-state index in [-0.39, 0.29) is 5.91 Å². The quantitative estimate of drug-likeness (QED) is 0.661. The Labute approximate surface area is 178 Å². The first-order chi connectivity index (χ1) is 14.7. The maximum absolute atomic E-state index is 11.4. The Bertz CT molecular complexity index is 989. The topological polar surface area (TPSA) is 58.1 Å². The zero-order valence-electron chi connectivity index (χ0n) is 17.4. The number of amides is 1. The highest BCUT2D eigenvalue weighted by Gasteiger charge is 2.25. The number of benzene rings is 2. The molecule has 0 bridgehead atoms. The van der Waals surface area contributed by atoms with Gasteiger partial charge in [-0.15, -0.1) is 0 Å². The van der Waals surface area contributed by atoms with Crippen LogP contribution in [0.1, 0.15) is 36.9 Å². The van der Waals surface area contributed by atoms with Gasteiger partial charge in [0.05, 0.1) is 11.4 Å². The standard InChI is InChI=1S/C25H28N4O/c1-19(30)28-23-11-5-9-21(17-23)24-25(27-14-13-26-24)22-10-6-15-29(18-22)16-12-20-7-3-2-4-8-20/h2-5,7-9,11,13-14,17,22H,6,10,12,15-16,18H2,1H3,(H,28,30). The van der Waals surface area contributed by atoms with E-state index in [2.05, 4.69) is 45.5 Å². The van der Waals surface area contributed by atoms with Gasteiger partial charge < -0.3 is 10.2 Å². The van der Waals surface area contributed by atoms with Crippen molar-refractivity contribution in [2.75, 3.05) is 25.0 Å². The molecule has 1 unspecified atom stereocenters. The number of rotatable bonds is 6. The van der Waals surface area contributed by atoms with Crippen molar-refractivity contribution in [1.82, 2.24) is 14.9 Å². The van der Waals surface area contributed by atoms with E-state index in [0.717, 1.165) is 55.1 Å². The van der Waals surface area contributed by atoms with E-state index in [1.165, 1.54) is 18.9 Å². The molecule has 30 heavy (non-hydrogen) atoms. The Kier molecular flexibility index (Phi) is 6.50. The summed E-state index contributed by atoms with van der Waals surface area (Å²) in [6, 6.07) is 18.5. The molecule has 0 aliphatic carbocycles. The fourth-order valence-electron chi connectivity index (χ4n) is 4.23. The molecule has 1 aliphatic rings. The summed E-state index contributed by atoms with van der Waals surface area (Å²) in [6.07, 6.45) is 6.90. The van der Waals surface area contributed by atoms with Crippen molar-refractivity contribution >= 4 is 11.6 Å². The largest absolute Gasteiger partial charge is 0.326 e. The van der Waals surface area contributed by atoms with Crippen molar-refractivity contribution in [1.29, 1.82) is 0 Å². The van der Waals surface area contributed by atoms with Crippen LogP contribution in [-0.4, -0.2) is 40.4 Å². The van der Waals surface area contributed by atoms with E-state index < -0.39 is 0 Å². The molecule has 154 valence electrons. The van der Waals surface area contributed by atoms with Crippen LogP contribution < -0.4 is 5.32 Å². The van der Waals surface area contributed by atoms with Gasteiger partial charge >= 0.3 is 0 Å². The molecule has 4 rings (SSSR count). The third-order valence-corrected chi connectivity index (χ3v) is 5.63. The molecule has 5 heteroatoms. The summed E-state index contributed by atoms with van der Waals surface area (Å²) >= 11 is 0. The van der Waals surface area contributed by atoms with E-state index in [4.69, 9.17) is 4.98 Å². The van der Waals surface area contributed by atoms with E-state index in [0.29, 0.717) is 5.92 Å². The predicted molar refractivity (Wildman–Crippen MR) is 120 cm³/mol. The number of aromatic nitrogens is 2. The van der Waals surface area contributed by atoms with Crippen molar-refractivity contribution in [2.24, 2.45) is 0 Å². The van der Waals surface area contributed by atoms with E-state index in [9.17, 15) is 4.79 Å². The fraction of sp³-hybridized carbons (Fsp3) is 0.320. The minimum atomic E-state index is -0.0761. The summed E-state index contributed by atoms with van der Waals surface area (Å²) < 4.78 is 0. The van der Waals surface area contributed by atoms with Crippen LogP contribution in [0, 0.1) is 0 Å². The molecule has 5 nitrogen and oxygen atoms in total. The minimum Gasteiger partial charge on any atom is -0.326 e. The molecule has 1 amide bonds. The maximum Gasteiger partial charge on any atom is 0.221 e. The monoisotopic (exact) mass is 400 g/mol. The van der Waals surface area contributed by atoms with Gasteiger partial charge in [0.15, 0.2) is 0 Å². The molecule has 1 atom stereocenters. The van der Waals surface area contributed by atoms with E-state index in [1.807, 2.05) is 24.3 Å². The summed E-state index contributed by atoms with van der Waals surface area (Å²) in [4.78, 5) is 23.4. The molecule has 1 fully saturated rings. The van der Waals surface area contributed by atoms with Gasteiger partial charge in [-0.25, -0.2) is 0 Å². The smallest absolute Gasteiger partial charge is 0.221 e. The Morgan fingerprint density at radius 1 is 1.10 bits per heavy atom. The third kappa shape index (κ3) is 5.10. The molecule has 0 radical (unpaired) electrons. The number of nitrogens with zero attached hydrogens (tertiary/aromatic N) is 3. The molecular weight excluding hydrogens is 372 g/mol. The average Bonchev–Trinajstić information content (AvgIpc) is 2.78. The number of anilines is 1. The lowest BCUT2D eigenvalue weighted by molar-refractivity contribution is -0.114. The summed E-state index contributed by atoms with van der Waals surface area (Å²) in [5.41, 5.74) is 5.13. The lowest BCUT2D eigenvalue weighted by Crippen LogP contribution is -2.36. The first-order valence-corrected chi connectivity index (χ1v) is 10.6. The second-order valence-corrected chi connectivity index (χ2v) is 7.93. The maximum atomic E-state index is 11.4. The third-order valence-electron chi connectivity index (χ3n) is 5.63. The molecule has 3 aromatic rings. The number of hydrogen-bond acceptors (Lipinski definition) is 4. The highest BCUT2D eigenvalue weighted by molar-refractivity contribution is 5.89. The Balaban J connectivity index is 1.51. The van der Waals surface area contributed by atoms with Gasteiger partial charge in [-0.05, 0) is 43.5 Å². The van der Waals surface area contributed by atoms with Gasteiger partial charge in [-0.1, -0.05) is 42.5 Å². The lowest BCUT2D eigenvalue weighted by Gasteiger charge is -2.33. The summed E-state index contributed by atoms with van der Waals surface area (Å²) in [6.45, 7) is 4.72.